The summed E-state index contributed by atoms with van der Waals surface area (Å²) < 4.78 is 6.83. The van der Waals surface area contributed by atoms with E-state index in [4.69, 9.17) is 4.74 Å². The number of nitrogens with one attached hydrogen (secondary N) is 2. The van der Waals surface area contributed by atoms with Crippen molar-refractivity contribution in [3.8, 4) is 11.5 Å². The van der Waals surface area contributed by atoms with Gasteiger partial charge in [-0.2, -0.15) is 0 Å². The van der Waals surface area contributed by atoms with Crippen molar-refractivity contribution in [2.45, 2.75) is 0 Å². The van der Waals surface area contributed by atoms with Gasteiger partial charge in [0.25, 0.3) is 17.4 Å². The summed E-state index contributed by atoms with van der Waals surface area (Å²) in [5.41, 5.74) is -0.304. The van der Waals surface area contributed by atoms with Crippen LogP contribution >= 0.6 is 11.3 Å². The molecule has 2 N–H and O–H groups in total. The highest BCUT2D eigenvalue weighted by Gasteiger charge is 2.31. The summed E-state index contributed by atoms with van der Waals surface area (Å²) in [6.45, 7) is 1.61. The molecule has 2 aliphatic rings. The predicted molar refractivity (Wildman–Crippen MR) is 118 cm³/mol. The first-order valence-corrected chi connectivity index (χ1v) is 10.9. The first-order chi connectivity index (χ1) is 15.4. The van der Waals surface area contributed by atoms with E-state index in [-0.39, 0.29) is 34.6 Å². The molecule has 0 radical (unpaired) electrons. The third kappa shape index (κ3) is 3.26. The van der Waals surface area contributed by atoms with Crippen LogP contribution in [0.1, 0.15) is 20.0 Å². The maximum absolute atomic E-state index is 13.3. The molecule has 0 saturated carbocycles. The Balaban J connectivity index is 1.37. The van der Waals surface area contributed by atoms with Crippen molar-refractivity contribution in [3.63, 3.8) is 0 Å². The monoisotopic (exact) mass is 453 g/mol. The third-order valence-corrected chi connectivity index (χ3v) is 6.37. The van der Waals surface area contributed by atoms with Crippen molar-refractivity contribution < 1.29 is 14.3 Å². The Morgan fingerprint density at radius 3 is 2.38 bits per heavy atom. The Bertz CT molecular complexity index is 1340. The number of aromatic amines is 1. The lowest BCUT2D eigenvalue weighted by atomic mass is 10.1. The molecule has 1 aromatic carbocycles. The minimum Gasteiger partial charge on any atom is -0.446 e. The standard InChI is InChI=1S/C21H19N5O5S/c1-24-21(30)15-17(18(27)23-24)31-16-12(4-2-5-13(16)22-15)19(28)25-7-9-26(10-8-25)20(29)14-6-3-11-32-14/h2-6,11,22H,7-10H2,1H3,(H,23,27). The Labute approximate surface area is 185 Å². The zero-order chi connectivity index (χ0) is 22.4. The second kappa shape index (κ2) is 7.68. The number of para-hydroxylation sites is 1. The molecule has 0 bridgehead atoms. The van der Waals surface area contributed by atoms with Crippen molar-refractivity contribution in [3.05, 3.63) is 66.9 Å². The molecular weight excluding hydrogens is 434 g/mol. The summed E-state index contributed by atoms with van der Waals surface area (Å²) in [6.07, 6.45) is 0. The number of anilines is 2. The number of H-pyrrole nitrogens is 1. The van der Waals surface area contributed by atoms with Gasteiger partial charge in [-0.15, -0.1) is 11.3 Å². The van der Waals surface area contributed by atoms with Gasteiger partial charge in [0.2, 0.25) is 5.75 Å². The first kappa shape index (κ1) is 20.1. The Morgan fingerprint density at radius 1 is 0.969 bits per heavy atom. The zero-order valence-corrected chi connectivity index (χ0v) is 17.9. The number of aryl methyl sites for hydroxylation is 1. The number of rotatable bonds is 2. The molecule has 3 aromatic rings. The van der Waals surface area contributed by atoms with E-state index in [0.717, 1.165) is 4.68 Å². The van der Waals surface area contributed by atoms with E-state index in [9.17, 15) is 19.2 Å². The van der Waals surface area contributed by atoms with Crippen molar-refractivity contribution in [1.29, 1.82) is 0 Å². The molecule has 0 unspecified atom stereocenters. The van der Waals surface area contributed by atoms with Crippen LogP contribution in [-0.4, -0.2) is 57.6 Å². The summed E-state index contributed by atoms with van der Waals surface area (Å²) in [5.74, 6) is -0.280. The van der Waals surface area contributed by atoms with Gasteiger partial charge >= 0.3 is 5.56 Å². The predicted octanol–water partition coefficient (Wildman–Crippen LogP) is 1.58. The molecule has 164 valence electrons. The van der Waals surface area contributed by atoms with E-state index in [1.54, 1.807) is 34.1 Å². The zero-order valence-electron chi connectivity index (χ0n) is 17.1. The molecule has 2 amide bonds. The van der Waals surface area contributed by atoms with E-state index >= 15 is 0 Å². The van der Waals surface area contributed by atoms with Crippen LogP contribution in [0, 0.1) is 0 Å². The maximum Gasteiger partial charge on any atom is 0.308 e. The lowest BCUT2D eigenvalue weighted by Crippen LogP contribution is -2.50. The quantitative estimate of drug-likeness (QED) is 0.476. The summed E-state index contributed by atoms with van der Waals surface area (Å²) in [4.78, 5) is 54.5. The second-order valence-corrected chi connectivity index (χ2v) is 8.43. The Kier molecular flexibility index (Phi) is 4.82. The molecule has 5 rings (SSSR count). The number of fused-ring (bicyclic) bond motifs is 2. The fourth-order valence-corrected chi connectivity index (χ4v) is 4.52. The number of aromatic nitrogens is 2. The van der Waals surface area contributed by atoms with Crippen LogP contribution < -0.4 is 21.2 Å². The third-order valence-electron chi connectivity index (χ3n) is 5.52. The van der Waals surface area contributed by atoms with Gasteiger partial charge in [-0.1, -0.05) is 12.1 Å². The van der Waals surface area contributed by atoms with Crippen LogP contribution in [0.5, 0.6) is 11.5 Å². The van der Waals surface area contributed by atoms with Gasteiger partial charge in [0.1, 0.15) is 0 Å². The minimum atomic E-state index is -0.580. The topological polar surface area (TPSA) is 117 Å². The van der Waals surface area contributed by atoms with E-state index in [0.29, 0.717) is 36.7 Å². The highest BCUT2D eigenvalue weighted by Crippen LogP contribution is 2.40. The normalized spacial score (nSPS) is 14.8. The van der Waals surface area contributed by atoms with Gasteiger partial charge in [-0.25, -0.2) is 0 Å². The average Bonchev–Trinajstić information content (AvgIpc) is 3.35. The number of amides is 2. The summed E-state index contributed by atoms with van der Waals surface area (Å²) >= 11 is 1.39. The molecule has 0 atom stereocenters. The molecule has 0 spiro atoms. The average molecular weight is 453 g/mol. The number of thiophene rings is 1. The fourth-order valence-electron chi connectivity index (χ4n) is 3.83. The first-order valence-electron chi connectivity index (χ1n) is 9.97. The molecule has 11 heteroatoms. The summed E-state index contributed by atoms with van der Waals surface area (Å²) in [6, 6.07) is 8.60. The molecule has 1 saturated heterocycles. The number of hydrogen-bond donors (Lipinski definition) is 2. The van der Waals surface area contributed by atoms with Crippen LogP contribution in [0.3, 0.4) is 0 Å². The number of hydrogen-bond acceptors (Lipinski definition) is 7. The number of carbonyl (C=O) groups excluding carboxylic acids is 2. The lowest BCUT2D eigenvalue weighted by Gasteiger charge is -2.35. The second-order valence-electron chi connectivity index (χ2n) is 7.48. The molecule has 2 aromatic heterocycles. The number of piperazine rings is 1. The summed E-state index contributed by atoms with van der Waals surface area (Å²) in [7, 11) is 1.43. The number of ether oxygens (including phenoxy) is 1. The van der Waals surface area contributed by atoms with Crippen molar-refractivity contribution >= 4 is 34.5 Å². The van der Waals surface area contributed by atoms with Crippen LogP contribution in [-0.2, 0) is 7.05 Å². The van der Waals surface area contributed by atoms with Crippen LogP contribution in [0.4, 0.5) is 11.4 Å². The molecular formula is C21H19N5O5S. The smallest absolute Gasteiger partial charge is 0.308 e. The van der Waals surface area contributed by atoms with Crippen LogP contribution in [0.2, 0.25) is 0 Å². The van der Waals surface area contributed by atoms with E-state index in [1.165, 1.54) is 18.4 Å². The summed E-state index contributed by atoms with van der Waals surface area (Å²) in [5, 5.41) is 7.17. The van der Waals surface area contributed by atoms with Gasteiger partial charge in [0.15, 0.2) is 11.4 Å². The number of carbonyl (C=O) groups is 2. The van der Waals surface area contributed by atoms with Gasteiger partial charge in [0.05, 0.1) is 16.1 Å². The maximum atomic E-state index is 13.3. The van der Waals surface area contributed by atoms with Gasteiger partial charge in [-0.3, -0.25) is 29.0 Å². The largest absolute Gasteiger partial charge is 0.446 e. The fraction of sp³-hybridized carbons (Fsp3) is 0.238. The minimum absolute atomic E-state index is 0.0223. The molecule has 1 fully saturated rings. The molecule has 32 heavy (non-hydrogen) atoms. The molecule has 2 aliphatic heterocycles. The van der Waals surface area contributed by atoms with Crippen molar-refractivity contribution in [1.82, 2.24) is 19.6 Å². The Morgan fingerprint density at radius 2 is 1.69 bits per heavy atom. The van der Waals surface area contributed by atoms with E-state index in [2.05, 4.69) is 10.4 Å². The lowest BCUT2D eigenvalue weighted by molar-refractivity contribution is 0.0536. The van der Waals surface area contributed by atoms with Crippen LogP contribution in [0.25, 0.3) is 0 Å². The number of benzene rings is 1. The Hall–Kier alpha value is -3.86. The van der Waals surface area contributed by atoms with E-state index in [1.807, 2.05) is 11.4 Å². The SMILES string of the molecule is Cn1[nH]c(=O)c2c(c1=O)Nc1cccc(C(=O)N3CCN(C(=O)c4cccs4)CC3)c1O2. The van der Waals surface area contributed by atoms with Gasteiger partial charge in [0, 0.05) is 33.2 Å². The van der Waals surface area contributed by atoms with Gasteiger partial charge < -0.3 is 19.9 Å². The molecule has 0 aliphatic carbocycles. The van der Waals surface area contributed by atoms with Crippen LogP contribution in [0.15, 0.2) is 45.3 Å². The van der Waals surface area contributed by atoms with Crippen molar-refractivity contribution in [2.75, 3.05) is 31.5 Å². The van der Waals surface area contributed by atoms with Gasteiger partial charge in [-0.05, 0) is 23.6 Å². The highest BCUT2D eigenvalue weighted by molar-refractivity contribution is 7.12. The number of nitrogens with zero attached hydrogens (tertiary/aromatic N) is 3. The highest BCUT2D eigenvalue weighted by atomic mass is 32.1. The molecule has 4 heterocycles. The van der Waals surface area contributed by atoms with E-state index < -0.39 is 11.1 Å². The molecule has 10 nitrogen and oxygen atoms in total. The van der Waals surface area contributed by atoms with Crippen molar-refractivity contribution in [2.24, 2.45) is 7.05 Å².